The average Bonchev–Trinajstić information content (AvgIpc) is 2.54. The fraction of sp³-hybridized carbons (Fsp3) is 0.125. The minimum atomic E-state index is -4.98. The number of benzene rings is 2. The Morgan fingerprint density at radius 2 is 1.77 bits per heavy atom. The van der Waals surface area contributed by atoms with Gasteiger partial charge in [-0.2, -0.15) is 8.78 Å². The minimum Gasteiger partial charge on any atom is -0.787 e. The molecule has 0 aliphatic rings. The number of alkyl halides is 2. The van der Waals surface area contributed by atoms with E-state index in [1.807, 2.05) is 6.07 Å². The van der Waals surface area contributed by atoms with Crippen LogP contribution in [0, 0.1) is 0 Å². The molecule has 2 aromatic rings. The highest BCUT2D eigenvalue weighted by Gasteiger charge is 2.43. The summed E-state index contributed by atoms with van der Waals surface area (Å²) in [6, 6.07) is 14.4. The Morgan fingerprint density at radius 3 is 2.41 bits per heavy atom. The summed E-state index contributed by atoms with van der Waals surface area (Å²) in [6.07, 6.45) is 1.28. The third kappa shape index (κ3) is 3.49. The number of hydrogen-bond acceptors (Lipinski definition) is 3. The number of hydrogen-bond donors (Lipinski definition) is 0. The topological polar surface area (TPSA) is 40.1 Å². The van der Waals surface area contributed by atoms with Gasteiger partial charge in [0, 0.05) is 11.3 Å². The lowest BCUT2D eigenvalue weighted by atomic mass is 10.0. The van der Waals surface area contributed by atoms with Gasteiger partial charge in [0.15, 0.2) is 0 Å². The molecule has 0 heterocycles. The van der Waals surface area contributed by atoms with Crippen LogP contribution in [-0.4, -0.2) is 5.75 Å². The fourth-order valence-corrected chi connectivity index (χ4v) is 4.53. The van der Waals surface area contributed by atoms with Gasteiger partial charge in [-0.1, -0.05) is 54.6 Å². The van der Waals surface area contributed by atoms with E-state index in [4.69, 9.17) is 0 Å². The standard InChI is InChI=1S/C16H15F2O2PS/c1-2-11-22-21(19,20)16(17,18)15-10-6-9-14(12-15)13-7-4-3-5-8-13/h2-10,12H,1,11H2,(H,19,20)/p-1. The molecule has 116 valence electrons. The summed E-state index contributed by atoms with van der Waals surface area (Å²) in [5, 5.41) is 0. The highest BCUT2D eigenvalue weighted by atomic mass is 32.7. The molecule has 2 aromatic carbocycles. The Labute approximate surface area is 132 Å². The molecule has 0 saturated heterocycles. The smallest absolute Gasteiger partial charge is 0.319 e. The molecule has 22 heavy (non-hydrogen) atoms. The van der Waals surface area contributed by atoms with Crippen LogP contribution in [0.5, 0.6) is 0 Å². The van der Waals surface area contributed by atoms with Crippen LogP contribution in [0.2, 0.25) is 0 Å². The van der Waals surface area contributed by atoms with Crippen LogP contribution in [0.15, 0.2) is 67.3 Å². The highest BCUT2D eigenvalue weighted by molar-refractivity contribution is 8.56. The third-order valence-electron chi connectivity index (χ3n) is 3.02. The predicted molar refractivity (Wildman–Crippen MR) is 86.0 cm³/mol. The second kappa shape index (κ2) is 6.78. The van der Waals surface area contributed by atoms with Crippen LogP contribution in [0.1, 0.15) is 5.56 Å². The Kier molecular flexibility index (Phi) is 5.22. The molecule has 0 aromatic heterocycles. The van der Waals surface area contributed by atoms with Gasteiger partial charge in [-0.25, -0.2) is 0 Å². The normalized spacial score (nSPS) is 14.3. The summed E-state index contributed by atoms with van der Waals surface area (Å²) in [5.41, 5.74) is -3.15. The first-order chi connectivity index (χ1) is 10.4. The van der Waals surface area contributed by atoms with Crippen molar-refractivity contribution < 1.29 is 18.2 Å². The van der Waals surface area contributed by atoms with Crippen molar-refractivity contribution in [1.82, 2.24) is 0 Å². The van der Waals surface area contributed by atoms with Crippen LogP contribution in [0.3, 0.4) is 0 Å². The number of halogens is 2. The van der Waals surface area contributed by atoms with Crippen LogP contribution < -0.4 is 4.89 Å². The molecule has 0 aliphatic heterocycles. The molecular weight excluding hydrogens is 325 g/mol. The Hall–Kier alpha value is -1.42. The second-order valence-corrected chi connectivity index (χ2v) is 8.93. The fourth-order valence-electron chi connectivity index (χ4n) is 1.91. The van der Waals surface area contributed by atoms with Gasteiger partial charge in [-0.15, -0.1) is 18.0 Å². The van der Waals surface area contributed by atoms with Crippen molar-refractivity contribution in [2.24, 2.45) is 0 Å². The van der Waals surface area contributed by atoms with Gasteiger partial charge in [-0.3, -0.25) is 0 Å². The zero-order valence-electron chi connectivity index (χ0n) is 11.6. The van der Waals surface area contributed by atoms with E-state index in [2.05, 4.69) is 6.58 Å². The Bertz CT molecular complexity index is 704. The first kappa shape index (κ1) is 16.9. The molecule has 2 rings (SSSR count). The summed E-state index contributed by atoms with van der Waals surface area (Å²) in [5.74, 6) is -0.0747. The van der Waals surface area contributed by atoms with E-state index in [0.717, 1.165) is 11.6 Å². The van der Waals surface area contributed by atoms with Gasteiger partial charge in [0.05, 0.1) is 0 Å². The summed E-state index contributed by atoms with van der Waals surface area (Å²) < 4.78 is 40.5. The molecule has 1 unspecified atom stereocenters. The summed E-state index contributed by atoms with van der Waals surface area (Å²) in [4.78, 5) is 11.9. The largest absolute Gasteiger partial charge is 0.787 e. The molecule has 0 radical (unpaired) electrons. The molecule has 0 aliphatic carbocycles. The minimum absolute atomic E-state index is 0.0747. The maximum Gasteiger partial charge on any atom is 0.319 e. The molecule has 0 N–H and O–H groups in total. The third-order valence-corrected chi connectivity index (χ3v) is 6.85. The van der Waals surface area contributed by atoms with Gasteiger partial charge in [-0.05, 0) is 17.2 Å². The van der Waals surface area contributed by atoms with Crippen molar-refractivity contribution in [3.63, 3.8) is 0 Å². The lowest BCUT2D eigenvalue weighted by Gasteiger charge is -2.31. The van der Waals surface area contributed by atoms with Crippen molar-refractivity contribution in [3.05, 3.63) is 72.8 Å². The van der Waals surface area contributed by atoms with Crippen molar-refractivity contribution in [3.8, 4) is 11.1 Å². The van der Waals surface area contributed by atoms with Crippen molar-refractivity contribution in [2.75, 3.05) is 5.75 Å². The summed E-state index contributed by atoms with van der Waals surface area (Å²) in [7, 11) is 0. The Morgan fingerprint density at radius 1 is 1.14 bits per heavy atom. The van der Waals surface area contributed by atoms with Crippen LogP contribution in [-0.2, 0) is 10.2 Å². The highest BCUT2D eigenvalue weighted by Crippen LogP contribution is 2.67. The lowest BCUT2D eigenvalue weighted by molar-refractivity contribution is -0.188. The van der Waals surface area contributed by atoms with Crippen molar-refractivity contribution >= 4 is 18.0 Å². The predicted octanol–water partition coefficient (Wildman–Crippen LogP) is 4.88. The maximum atomic E-state index is 14.3. The molecule has 0 fully saturated rings. The SMILES string of the molecule is C=CCSP(=O)([O-])C(F)(F)c1cccc(-c2ccccc2)c1. The molecule has 6 heteroatoms. The summed E-state index contributed by atoms with van der Waals surface area (Å²) >= 11 is 0.214. The molecular formula is C16H14F2O2PS-. The van der Waals surface area contributed by atoms with E-state index in [0.29, 0.717) is 5.56 Å². The van der Waals surface area contributed by atoms with Gasteiger partial charge < -0.3 is 9.46 Å². The molecule has 1 atom stereocenters. The second-order valence-electron chi connectivity index (χ2n) is 4.57. The van der Waals surface area contributed by atoms with Crippen LogP contribution in [0.4, 0.5) is 8.78 Å². The maximum absolute atomic E-state index is 14.3. The molecule has 0 amide bonds. The van der Waals surface area contributed by atoms with Gasteiger partial charge >= 0.3 is 5.66 Å². The van der Waals surface area contributed by atoms with E-state index in [1.54, 1.807) is 30.3 Å². The first-order valence-electron chi connectivity index (χ1n) is 6.49. The van der Waals surface area contributed by atoms with E-state index in [1.165, 1.54) is 18.2 Å². The molecule has 2 nitrogen and oxygen atoms in total. The van der Waals surface area contributed by atoms with E-state index >= 15 is 0 Å². The Balaban J connectivity index is 2.40. The zero-order chi connectivity index (χ0) is 16.2. The summed E-state index contributed by atoms with van der Waals surface area (Å²) in [6.45, 7) is -1.64. The molecule has 0 saturated carbocycles. The monoisotopic (exact) mass is 339 g/mol. The van der Waals surface area contributed by atoms with Gasteiger partial charge in [0.2, 0.25) is 0 Å². The molecule has 0 bridgehead atoms. The van der Waals surface area contributed by atoms with Crippen molar-refractivity contribution in [1.29, 1.82) is 0 Å². The first-order valence-corrected chi connectivity index (χ1v) is 9.70. The quantitative estimate of drug-likeness (QED) is 0.556. The van der Waals surface area contributed by atoms with Crippen molar-refractivity contribution in [2.45, 2.75) is 5.66 Å². The van der Waals surface area contributed by atoms with Gasteiger partial charge in [0.1, 0.15) is 6.57 Å². The zero-order valence-corrected chi connectivity index (χ0v) is 13.3. The average molecular weight is 339 g/mol. The van der Waals surface area contributed by atoms with E-state index in [9.17, 15) is 18.2 Å². The van der Waals surface area contributed by atoms with E-state index < -0.39 is 17.8 Å². The van der Waals surface area contributed by atoms with Crippen LogP contribution in [0.25, 0.3) is 11.1 Å². The lowest BCUT2D eigenvalue weighted by Crippen LogP contribution is -2.20. The van der Waals surface area contributed by atoms with Crippen LogP contribution >= 0.6 is 18.0 Å². The number of rotatable bonds is 6. The molecule has 0 spiro atoms. The van der Waals surface area contributed by atoms with Gasteiger partial charge in [0.25, 0.3) is 0 Å². The van der Waals surface area contributed by atoms with E-state index in [-0.39, 0.29) is 17.1 Å².